The van der Waals surface area contributed by atoms with Crippen molar-refractivity contribution in [2.45, 2.75) is 37.4 Å². The molecule has 0 spiro atoms. The topological polar surface area (TPSA) is 90.2 Å². The lowest BCUT2D eigenvalue weighted by molar-refractivity contribution is -0.180. The Morgan fingerprint density at radius 3 is 2.32 bits per heavy atom. The molecule has 0 aliphatic heterocycles. The van der Waals surface area contributed by atoms with Gasteiger partial charge in [-0.05, 0) is 12.0 Å². The Balaban J connectivity index is 1.95. The Morgan fingerprint density at radius 1 is 1.00 bits per heavy atom. The van der Waals surface area contributed by atoms with Gasteiger partial charge in [-0.25, -0.2) is 0 Å². The smallest absolute Gasteiger partial charge is 0.109 e. The summed E-state index contributed by atoms with van der Waals surface area (Å²) in [5.74, 6) is -0.473. The summed E-state index contributed by atoms with van der Waals surface area (Å²) in [7, 11) is 0. The van der Waals surface area contributed by atoms with Gasteiger partial charge in [0.25, 0.3) is 0 Å². The normalized spacial score (nSPS) is 35.3. The molecule has 1 aromatic carbocycles. The second-order valence-electron chi connectivity index (χ2n) is 4.99. The molecule has 0 saturated heterocycles. The third-order valence-corrected chi connectivity index (χ3v) is 3.64. The van der Waals surface area contributed by atoms with Crippen LogP contribution in [0.3, 0.4) is 0 Å². The molecule has 5 heteroatoms. The van der Waals surface area contributed by atoms with E-state index in [9.17, 15) is 15.3 Å². The first-order valence-corrected chi connectivity index (χ1v) is 6.44. The molecule has 0 amide bonds. The molecule has 4 N–H and O–H groups in total. The number of hydrogen-bond donors (Lipinski definition) is 4. The lowest BCUT2D eigenvalue weighted by atomic mass is 9.81. The first-order chi connectivity index (χ1) is 9.13. The maximum atomic E-state index is 9.88. The van der Waals surface area contributed by atoms with Crippen LogP contribution >= 0.6 is 0 Å². The van der Waals surface area contributed by atoms with E-state index in [1.165, 1.54) is 0 Å². The van der Waals surface area contributed by atoms with E-state index >= 15 is 0 Å². The van der Waals surface area contributed by atoms with Gasteiger partial charge in [0.2, 0.25) is 0 Å². The molecule has 2 rings (SSSR count). The highest BCUT2D eigenvalue weighted by molar-refractivity contribution is 5.13. The van der Waals surface area contributed by atoms with Gasteiger partial charge in [-0.2, -0.15) is 0 Å². The zero-order valence-corrected chi connectivity index (χ0v) is 10.6. The minimum atomic E-state index is -1.29. The third kappa shape index (κ3) is 3.32. The zero-order chi connectivity index (χ0) is 13.8. The van der Waals surface area contributed by atoms with E-state index in [0.29, 0.717) is 13.0 Å². The number of aliphatic hydroxyl groups is 4. The SMILES string of the molecule is OCC1CC(OCc2ccccc2)C(O)C(O)C1O. The van der Waals surface area contributed by atoms with Crippen LogP contribution in [0.5, 0.6) is 0 Å². The summed E-state index contributed by atoms with van der Waals surface area (Å²) in [5, 5.41) is 38.5. The fourth-order valence-corrected chi connectivity index (χ4v) is 2.40. The monoisotopic (exact) mass is 268 g/mol. The van der Waals surface area contributed by atoms with Crippen LogP contribution in [-0.4, -0.2) is 51.4 Å². The summed E-state index contributed by atoms with van der Waals surface area (Å²) in [6.07, 6.45) is -3.80. The van der Waals surface area contributed by atoms with E-state index in [4.69, 9.17) is 9.84 Å². The van der Waals surface area contributed by atoms with E-state index < -0.39 is 30.3 Å². The predicted octanol–water partition coefficient (Wildman–Crippen LogP) is -0.333. The summed E-state index contributed by atoms with van der Waals surface area (Å²) in [5.41, 5.74) is 0.968. The number of benzene rings is 1. The van der Waals surface area contributed by atoms with Gasteiger partial charge in [0.05, 0.1) is 18.8 Å². The molecule has 0 bridgehead atoms. The van der Waals surface area contributed by atoms with Crippen LogP contribution in [0.4, 0.5) is 0 Å². The maximum absolute atomic E-state index is 9.88. The predicted molar refractivity (Wildman–Crippen MR) is 68.2 cm³/mol. The molecule has 0 heterocycles. The molecule has 5 unspecified atom stereocenters. The van der Waals surface area contributed by atoms with Gasteiger partial charge in [-0.15, -0.1) is 0 Å². The van der Waals surface area contributed by atoms with Gasteiger partial charge < -0.3 is 25.2 Å². The number of aliphatic hydroxyl groups excluding tert-OH is 4. The quantitative estimate of drug-likeness (QED) is 0.600. The highest BCUT2D eigenvalue weighted by Crippen LogP contribution is 2.28. The molecule has 1 fully saturated rings. The van der Waals surface area contributed by atoms with Crippen molar-refractivity contribution in [3.8, 4) is 0 Å². The number of rotatable bonds is 4. The molecular formula is C14H20O5. The highest BCUT2D eigenvalue weighted by atomic mass is 16.5. The lowest BCUT2D eigenvalue weighted by Crippen LogP contribution is -2.55. The van der Waals surface area contributed by atoms with Gasteiger partial charge >= 0.3 is 0 Å². The van der Waals surface area contributed by atoms with Gasteiger partial charge in [-0.3, -0.25) is 0 Å². The number of hydrogen-bond acceptors (Lipinski definition) is 5. The van der Waals surface area contributed by atoms with E-state index in [0.717, 1.165) is 5.56 Å². The molecule has 0 aromatic heterocycles. The van der Waals surface area contributed by atoms with Crippen molar-refractivity contribution < 1.29 is 25.2 Å². The molecule has 1 aromatic rings. The van der Waals surface area contributed by atoms with Crippen LogP contribution in [0.25, 0.3) is 0 Å². The lowest BCUT2D eigenvalue weighted by Gasteiger charge is -2.39. The standard InChI is InChI=1S/C14H20O5/c15-7-10-6-11(13(17)14(18)12(10)16)19-8-9-4-2-1-3-5-9/h1-5,10-18H,6-8H2. The van der Waals surface area contributed by atoms with E-state index in [1.807, 2.05) is 30.3 Å². The largest absolute Gasteiger partial charge is 0.396 e. The van der Waals surface area contributed by atoms with Crippen molar-refractivity contribution in [1.82, 2.24) is 0 Å². The average molecular weight is 268 g/mol. The van der Waals surface area contributed by atoms with Gasteiger partial charge in [-0.1, -0.05) is 30.3 Å². The van der Waals surface area contributed by atoms with Gasteiger partial charge in [0.15, 0.2) is 0 Å². The van der Waals surface area contributed by atoms with E-state index in [-0.39, 0.29) is 6.61 Å². The fraction of sp³-hybridized carbons (Fsp3) is 0.571. The molecule has 0 radical (unpaired) electrons. The maximum Gasteiger partial charge on any atom is 0.109 e. The summed E-state index contributed by atoms with van der Waals surface area (Å²) in [6, 6.07) is 9.51. The van der Waals surface area contributed by atoms with Crippen molar-refractivity contribution in [3.05, 3.63) is 35.9 Å². The van der Waals surface area contributed by atoms with Crippen LogP contribution in [0, 0.1) is 5.92 Å². The van der Waals surface area contributed by atoms with Crippen molar-refractivity contribution >= 4 is 0 Å². The van der Waals surface area contributed by atoms with Crippen molar-refractivity contribution in [2.75, 3.05) is 6.61 Å². The molecule has 1 aliphatic rings. The van der Waals surface area contributed by atoms with Gasteiger partial charge in [0, 0.05) is 12.5 Å². The van der Waals surface area contributed by atoms with Crippen LogP contribution in [-0.2, 0) is 11.3 Å². The number of ether oxygens (including phenoxy) is 1. The Bertz CT molecular complexity index is 381. The molecule has 1 saturated carbocycles. The van der Waals surface area contributed by atoms with Crippen LogP contribution in [0.2, 0.25) is 0 Å². The Hall–Kier alpha value is -0.980. The van der Waals surface area contributed by atoms with Crippen molar-refractivity contribution in [2.24, 2.45) is 5.92 Å². The second kappa shape index (κ2) is 6.45. The second-order valence-corrected chi connectivity index (χ2v) is 4.99. The Kier molecular flexibility index (Phi) is 4.90. The van der Waals surface area contributed by atoms with E-state index in [2.05, 4.69) is 0 Å². The molecule has 5 nitrogen and oxygen atoms in total. The zero-order valence-electron chi connectivity index (χ0n) is 10.6. The fourth-order valence-electron chi connectivity index (χ4n) is 2.40. The first-order valence-electron chi connectivity index (χ1n) is 6.44. The molecule has 1 aliphatic carbocycles. The van der Waals surface area contributed by atoms with Crippen molar-refractivity contribution in [3.63, 3.8) is 0 Å². The Labute approximate surface area is 112 Å². The first kappa shape index (κ1) is 14.4. The molecule has 106 valence electrons. The summed E-state index contributed by atoms with van der Waals surface area (Å²) in [4.78, 5) is 0. The van der Waals surface area contributed by atoms with Crippen LogP contribution in [0.1, 0.15) is 12.0 Å². The molecule has 5 atom stereocenters. The van der Waals surface area contributed by atoms with Crippen LogP contribution in [0.15, 0.2) is 30.3 Å². The summed E-state index contributed by atoms with van der Waals surface area (Å²) in [6.45, 7) is 0.0830. The summed E-state index contributed by atoms with van der Waals surface area (Å²) < 4.78 is 5.60. The minimum absolute atomic E-state index is 0.240. The average Bonchev–Trinajstić information content (AvgIpc) is 2.45. The molecular weight excluding hydrogens is 248 g/mol. The third-order valence-electron chi connectivity index (χ3n) is 3.64. The molecule has 19 heavy (non-hydrogen) atoms. The summed E-state index contributed by atoms with van der Waals surface area (Å²) >= 11 is 0. The van der Waals surface area contributed by atoms with E-state index in [1.54, 1.807) is 0 Å². The van der Waals surface area contributed by atoms with Crippen molar-refractivity contribution in [1.29, 1.82) is 0 Å². The Morgan fingerprint density at radius 2 is 1.68 bits per heavy atom. The van der Waals surface area contributed by atoms with Gasteiger partial charge in [0.1, 0.15) is 12.2 Å². The minimum Gasteiger partial charge on any atom is -0.396 e. The highest BCUT2D eigenvalue weighted by Gasteiger charge is 2.42. The van der Waals surface area contributed by atoms with Crippen LogP contribution < -0.4 is 0 Å².